The van der Waals surface area contributed by atoms with E-state index in [4.69, 9.17) is 10.8 Å². The topological polar surface area (TPSA) is 68.8 Å². The Labute approximate surface area is 149 Å². The maximum absolute atomic E-state index is 14.7. The summed E-state index contributed by atoms with van der Waals surface area (Å²) in [7, 11) is 0. The summed E-state index contributed by atoms with van der Waals surface area (Å²) in [6, 6.07) is 1.89. The van der Waals surface area contributed by atoms with Crippen molar-refractivity contribution in [1.82, 2.24) is 9.55 Å². The van der Waals surface area contributed by atoms with Crippen molar-refractivity contribution in [2.45, 2.75) is 19.8 Å². The number of allylic oxidation sites excluding steroid dienone is 3. The van der Waals surface area contributed by atoms with Crippen LogP contribution in [0, 0.1) is 22.5 Å². The molecule has 3 rings (SSSR count). The number of fused-ring (bicyclic) bond motifs is 1. The van der Waals surface area contributed by atoms with E-state index in [9.17, 15) is 8.78 Å². The summed E-state index contributed by atoms with van der Waals surface area (Å²) in [4.78, 5) is 6.00. The minimum atomic E-state index is -0.788. The van der Waals surface area contributed by atoms with E-state index in [-0.39, 0.29) is 22.3 Å². The molecule has 0 unspecified atom stereocenters. The molecule has 0 bridgehead atoms. The van der Waals surface area contributed by atoms with Crippen molar-refractivity contribution in [1.29, 1.82) is 10.8 Å². The average Bonchev–Trinajstić information content (AvgIpc) is 2.59. The molecule has 0 fully saturated rings. The van der Waals surface area contributed by atoms with Crippen molar-refractivity contribution >= 4 is 23.1 Å². The Morgan fingerprint density at radius 1 is 1.35 bits per heavy atom. The predicted molar refractivity (Wildman–Crippen MR) is 98.3 cm³/mol. The highest BCUT2D eigenvalue weighted by atomic mass is 19.1. The Morgan fingerprint density at radius 2 is 2.08 bits per heavy atom. The number of nitrogens with zero attached hydrogens (tertiary/aromatic N) is 3. The maximum Gasteiger partial charge on any atom is 0.229 e. The van der Waals surface area contributed by atoms with Crippen LogP contribution >= 0.6 is 0 Å². The van der Waals surface area contributed by atoms with Gasteiger partial charge in [0.15, 0.2) is 0 Å². The first-order valence-electron chi connectivity index (χ1n) is 8.14. The van der Waals surface area contributed by atoms with Crippen LogP contribution in [0.25, 0.3) is 10.9 Å². The van der Waals surface area contributed by atoms with Crippen LogP contribution in [0.5, 0.6) is 0 Å². The number of anilines is 1. The van der Waals surface area contributed by atoms with Gasteiger partial charge in [-0.25, -0.2) is 8.78 Å². The molecule has 0 atom stereocenters. The molecule has 1 aromatic carbocycles. The zero-order chi connectivity index (χ0) is 19.0. The lowest BCUT2D eigenvalue weighted by Gasteiger charge is -2.32. The second-order valence-corrected chi connectivity index (χ2v) is 6.14. The first kappa shape index (κ1) is 17.7. The Morgan fingerprint density at radius 3 is 2.69 bits per heavy atom. The summed E-state index contributed by atoms with van der Waals surface area (Å²) >= 11 is 0. The van der Waals surface area contributed by atoms with Crippen LogP contribution in [0.15, 0.2) is 48.2 Å². The summed E-state index contributed by atoms with van der Waals surface area (Å²) in [5.74, 6) is -1.35. The molecule has 0 aliphatic carbocycles. The van der Waals surface area contributed by atoms with Crippen molar-refractivity contribution < 1.29 is 8.78 Å². The number of hydrogen-bond donors (Lipinski definition) is 2. The van der Waals surface area contributed by atoms with Crippen LogP contribution in [0.1, 0.15) is 19.8 Å². The molecule has 1 aromatic heterocycles. The number of halogens is 2. The number of hydrogen-bond acceptors (Lipinski definition) is 4. The van der Waals surface area contributed by atoms with Gasteiger partial charge in [0, 0.05) is 18.3 Å². The van der Waals surface area contributed by atoms with E-state index in [0.29, 0.717) is 6.54 Å². The fraction of sp³-hybridized carbons (Fsp3) is 0.211. The van der Waals surface area contributed by atoms with Gasteiger partial charge in [0.25, 0.3) is 0 Å². The fourth-order valence-electron chi connectivity index (χ4n) is 3.33. The standard InChI is InChI=1S/C19H19F2N5/c1-4-15-13(11(2)3)6-5-7-25(15)18-17-14(21)8-12(20)9-16(17)26(10-22)19(23)24-18/h4,8-10,22-23H,1-2,5-7H2,3H3. The van der Waals surface area contributed by atoms with E-state index in [1.54, 1.807) is 11.0 Å². The highest BCUT2D eigenvalue weighted by molar-refractivity contribution is 5.94. The van der Waals surface area contributed by atoms with Crippen LogP contribution in [0.2, 0.25) is 0 Å². The zero-order valence-electron chi connectivity index (χ0n) is 14.4. The van der Waals surface area contributed by atoms with Gasteiger partial charge in [-0.15, -0.1) is 0 Å². The number of benzene rings is 1. The molecule has 0 saturated carbocycles. The summed E-state index contributed by atoms with van der Waals surface area (Å²) in [5.41, 5.74) is 2.45. The lowest BCUT2D eigenvalue weighted by Crippen LogP contribution is -2.33. The molecule has 7 heteroatoms. The third-order valence-electron chi connectivity index (χ3n) is 4.46. The highest BCUT2D eigenvalue weighted by Gasteiger charge is 2.25. The maximum atomic E-state index is 14.7. The molecule has 2 N–H and O–H groups in total. The Kier molecular flexibility index (Phi) is 4.54. The third kappa shape index (κ3) is 2.75. The van der Waals surface area contributed by atoms with Crippen LogP contribution in [0.3, 0.4) is 0 Å². The normalized spacial score (nSPS) is 14.7. The second-order valence-electron chi connectivity index (χ2n) is 6.14. The van der Waals surface area contributed by atoms with Crippen LogP contribution in [0.4, 0.5) is 14.6 Å². The quantitative estimate of drug-likeness (QED) is 0.646. The zero-order valence-corrected chi connectivity index (χ0v) is 14.4. The summed E-state index contributed by atoms with van der Waals surface area (Å²) in [5, 5.41) is 15.6. The molecular weight excluding hydrogens is 336 g/mol. The van der Waals surface area contributed by atoms with Gasteiger partial charge >= 0.3 is 0 Å². The smallest absolute Gasteiger partial charge is 0.229 e. The van der Waals surface area contributed by atoms with Crippen molar-refractivity contribution in [2.24, 2.45) is 0 Å². The van der Waals surface area contributed by atoms with Gasteiger partial charge in [-0.05, 0) is 37.5 Å². The molecule has 2 aromatic rings. The molecular formula is C19H19F2N5. The Bertz CT molecular complexity index is 1030. The van der Waals surface area contributed by atoms with Gasteiger partial charge in [-0.2, -0.15) is 4.98 Å². The summed E-state index contributed by atoms with van der Waals surface area (Å²) in [6.45, 7) is 10.3. The molecule has 1 aliphatic heterocycles. The van der Waals surface area contributed by atoms with E-state index in [1.807, 2.05) is 6.92 Å². The van der Waals surface area contributed by atoms with Gasteiger partial charge in [-0.1, -0.05) is 18.7 Å². The molecule has 0 spiro atoms. The van der Waals surface area contributed by atoms with Crippen molar-refractivity contribution in [3.63, 3.8) is 0 Å². The Hall–Kier alpha value is -3.09. The van der Waals surface area contributed by atoms with E-state index >= 15 is 0 Å². The van der Waals surface area contributed by atoms with E-state index in [0.717, 1.165) is 52.7 Å². The first-order valence-corrected chi connectivity index (χ1v) is 8.14. The van der Waals surface area contributed by atoms with Gasteiger partial charge in [0.1, 0.15) is 17.5 Å². The molecule has 0 radical (unpaired) electrons. The SMILES string of the molecule is C=CC1=C(C(=C)C)CCCN1c1nc(=N)n(C=N)c2cc(F)cc(F)c12. The van der Waals surface area contributed by atoms with E-state index in [2.05, 4.69) is 18.1 Å². The molecule has 134 valence electrons. The lowest BCUT2D eigenvalue weighted by atomic mass is 9.96. The van der Waals surface area contributed by atoms with Crippen LogP contribution in [-0.2, 0) is 0 Å². The van der Waals surface area contributed by atoms with Crippen molar-refractivity contribution in [3.05, 3.63) is 65.5 Å². The minimum absolute atomic E-state index is 0.0632. The van der Waals surface area contributed by atoms with Gasteiger partial charge < -0.3 is 4.90 Å². The average molecular weight is 355 g/mol. The lowest BCUT2D eigenvalue weighted by molar-refractivity contribution is 0.590. The third-order valence-corrected chi connectivity index (χ3v) is 4.46. The number of nitrogens with one attached hydrogen (secondary N) is 2. The van der Waals surface area contributed by atoms with Crippen LogP contribution in [-0.4, -0.2) is 22.4 Å². The molecule has 0 amide bonds. The molecule has 26 heavy (non-hydrogen) atoms. The first-order chi connectivity index (χ1) is 12.4. The van der Waals surface area contributed by atoms with Gasteiger partial charge in [-0.3, -0.25) is 15.4 Å². The Balaban J connectivity index is 2.41. The number of aromatic nitrogens is 2. The van der Waals surface area contributed by atoms with E-state index < -0.39 is 11.6 Å². The number of rotatable bonds is 4. The summed E-state index contributed by atoms with van der Waals surface area (Å²) < 4.78 is 29.5. The molecule has 5 nitrogen and oxygen atoms in total. The second kappa shape index (κ2) is 6.67. The van der Waals surface area contributed by atoms with Crippen LogP contribution < -0.4 is 10.5 Å². The molecule has 2 heterocycles. The molecule has 0 saturated heterocycles. The predicted octanol–water partition coefficient (Wildman–Crippen LogP) is 3.87. The van der Waals surface area contributed by atoms with Gasteiger partial charge in [0.2, 0.25) is 5.62 Å². The van der Waals surface area contributed by atoms with Crippen molar-refractivity contribution in [2.75, 3.05) is 11.4 Å². The molecule has 1 aliphatic rings. The minimum Gasteiger partial charge on any atom is -0.325 e. The monoisotopic (exact) mass is 355 g/mol. The largest absolute Gasteiger partial charge is 0.325 e. The van der Waals surface area contributed by atoms with Crippen molar-refractivity contribution in [3.8, 4) is 0 Å². The van der Waals surface area contributed by atoms with Gasteiger partial charge in [0.05, 0.1) is 17.2 Å². The fourth-order valence-corrected chi connectivity index (χ4v) is 3.33. The highest BCUT2D eigenvalue weighted by Crippen LogP contribution is 2.35. The van der Waals surface area contributed by atoms with E-state index in [1.165, 1.54) is 0 Å². The summed E-state index contributed by atoms with van der Waals surface area (Å²) in [6.07, 6.45) is 4.11.